The SMILES string of the molecule is CCCCOc1ccc(C(NCC)C2CCOCC2)cc1. The molecular weight excluding hydrogens is 262 g/mol. The molecule has 1 atom stereocenters. The Kier molecular flexibility index (Phi) is 7.04. The van der Waals surface area contributed by atoms with Crippen molar-refractivity contribution in [2.75, 3.05) is 26.4 Å². The van der Waals surface area contributed by atoms with Crippen molar-refractivity contribution in [2.24, 2.45) is 5.92 Å². The summed E-state index contributed by atoms with van der Waals surface area (Å²) in [5, 5.41) is 3.64. The number of unbranched alkanes of at least 4 members (excludes halogenated alkanes) is 1. The number of hydrogen-bond donors (Lipinski definition) is 1. The van der Waals surface area contributed by atoms with E-state index in [0.29, 0.717) is 12.0 Å². The Morgan fingerprint density at radius 1 is 1.19 bits per heavy atom. The summed E-state index contributed by atoms with van der Waals surface area (Å²) < 4.78 is 11.2. The first-order valence-corrected chi connectivity index (χ1v) is 8.39. The maximum Gasteiger partial charge on any atom is 0.119 e. The van der Waals surface area contributed by atoms with Gasteiger partial charge in [-0.15, -0.1) is 0 Å². The van der Waals surface area contributed by atoms with Crippen molar-refractivity contribution in [1.82, 2.24) is 5.32 Å². The fraction of sp³-hybridized carbons (Fsp3) is 0.667. The summed E-state index contributed by atoms with van der Waals surface area (Å²) in [6, 6.07) is 9.07. The number of hydrogen-bond acceptors (Lipinski definition) is 3. The summed E-state index contributed by atoms with van der Waals surface area (Å²) >= 11 is 0. The van der Waals surface area contributed by atoms with Gasteiger partial charge in [0.1, 0.15) is 5.75 Å². The third-order valence-electron chi connectivity index (χ3n) is 4.17. The minimum Gasteiger partial charge on any atom is -0.494 e. The van der Waals surface area contributed by atoms with E-state index >= 15 is 0 Å². The summed E-state index contributed by atoms with van der Waals surface area (Å²) in [4.78, 5) is 0. The van der Waals surface area contributed by atoms with Gasteiger partial charge in [0.2, 0.25) is 0 Å². The van der Waals surface area contributed by atoms with E-state index in [0.717, 1.165) is 51.4 Å². The van der Waals surface area contributed by atoms with Gasteiger partial charge in [0.05, 0.1) is 6.61 Å². The lowest BCUT2D eigenvalue weighted by molar-refractivity contribution is 0.0538. The summed E-state index contributed by atoms with van der Waals surface area (Å²) in [5.74, 6) is 1.65. The summed E-state index contributed by atoms with van der Waals surface area (Å²) in [6.45, 7) is 7.95. The molecule has 3 heteroatoms. The van der Waals surface area contributed by atoms with E-state index in [1.807, 2.05) is 0 Å². The third-order valence-corrected chi connectivity index (χ3v) is 4.17. The van der Waals surface area contributed by atoms with Crippen LogP contribution in [0.25, 0.3) is 0 Å². The van der Waals surface area contributed by atoms with Crippen LogP contribution in [-0.4, -0.2) is 26.4 Å². The Bertz CT molecular complexity index is 385. The van der Waals surface area contributed by atoms with Crippen LogP contribution < -0.4 is 10.1 Å². The molecule has 1 saturated heterocycles. The molecule has 1 aliphatic rings. The van der Waals surface area contributed by atoms with Crippen LogP contribution in [0.1, 0.15) is 51.1 Å². The predicted molar refractivity (Wildman–Crippen MR) is 86.8 cm³/mol. The number of nitrogens with one attached hydrogen (secondary N) is 1. The molecule has 0 aliphatic carbocycles. The highest BCUT2D eigenvalue weighted by Gasteiger charge is 2.24. The van der Waals surface area contributed by atoms with Crippen LogP contribution in [0.4, 0.5) is 0 Å². The lowest BCUT2D eigenvalue weighted by Gasteiger charge is -2.31. The third kappa shape index (κ3) is 5.01. The van der Waals surface area contributed by atoms with Gasteiger partial charge in [-0.1, -0.05) is 32.4 Å². The van der Waals surface area contributed by atoms with Gasteiger partial charge in [-0.3, -0.25) is 0 Å². The average Bonchev–Trinajstić information content (AvgIpc) is 2.54. The van der Waals surface area contributed by atoms with Gasteiger partial charge in [-0.2, -0.15) is 0 Å². The molecular formula is C18H29NO2. The Morgan fingerprint density at radius 2 is 1.90 bits per heavy atom. The highest BCUT2D eigenvalue weighted by Crippen LogP contribution is 2.30. The van der Waals surface area contributed by atoms with Gasteiger partial charge >= 0.3 is 0 Å². The quantitative estimate of drug-likeness (QED) is 0.736. The fourth-order valence-corrected chi connectivity index (χ4v) is 2.93. The topological polar surface area (TPSA) is 30.5 Å². The zero-order chi connectivity index (χ0) is 14.9. The van der Waals surface area contributed by atoms with Crippen LogP contribution in [0.2, 0.25) is 0 Å². The molecule has 2 rings (SSSR count). The lowest BCUT2D eigenvalue weighted by Crippen LogP contribution is -2.32. The highest BCUT2D eigenvalue weighted by molar-refractivity contribution is 5.29. The van der Waals surface area contributed by atoms with Gasteiger partial charge in [0, 0.05) is 19.3 Å². The molecule has 21 heavy (non-hydrogen) atoms. The zero-order valence-electron chi connectivity index (χ0n) is 13.4. The highest BCUT2D eigenvalue weighted by atomic mass is 16.5. The van der Waals surface area contributed by atoms with Crippen molar-refractivity contribution >= 4 is 0 Å². The Morgan fingerprint density at radius 3 is 2.52 bits per heavy atom. The molecule has 1 aromatic rings. The van der Waals surface area contributed by atoms with Crippen molar-refractivity contribution in [3.63, 3.8) is 0 Å². The van der Waals surface area contributed by atoms with Gasteiger partial charge in [-0.05, 0) is 49.4 Å². The first-order valence-electron chi connectivity index (χ1n) is 8.39. The van der Waals surface area contributed by atoms with E-state index in [-0.39, 0.29) is 0 Å². The van der Waals surface area contributed by atoms with Crippen LogP contribution in [-0.2, 0) is 4.74 Å². The van der Waals surface area contributed by atoms with E-state index in [1.54, 1.807) is 0 Å². The molecule has 0 aromatic heterocycles. The molecule has 1 fully saturated rings. The second-order valence-corrected chi connectivity index (χ2v) is 5.76. The second-order valence-electron chi connectivity index (χ2n) is 5.76. The van der Waals surface area contributed by atoms with Crippen LogP contribution in [0, 0.1) is 5.92 Å². The largest absolute Gasteiger partial charge is 0.494 e. The normalized spacial score (nSPS) is 17.6. The van der Waals surface area contributed by atoms with Crippen LogP contribution in [0.3, 0.4) is 0 Å². The minimum absolute atomic E-state index is 0.434. The first-order chi connectivity index (χ1) is 10.3. The van der Waals surface area contributed by atoms with E-state index < -0.39 is 0 Å². The van der Waals surface area contributed by atoms with E-state index in [9.17, 15) is 0 Å². The van der Waals surface area contributed by atoms with Gasteiger partial charge in [0.15, 0.2) is 0 Å². The molecule has 1 aliphatic heterocycles. The monoisotopic (exact) mass is 291 g/mol. The lowest BCUT2D eigenvalue weighted by atomic mass is 9.87. The fourth-order valence-electron chi connectivity index (χ4n) is 2.93. The van der Waals surface area contributed by atoms with E-state index in [2.05, 4.69) is 43.4 Å². The van der Waals surface area contributed by atoms with Crippen molar-refractivity contribution in [1.29, 1.82) is 0 Å². The Hall–Kier alpha value is -1.06. The maximum absolute atomic E-state index is 5.75. The molecule has 0 radical (unpaired) electrons. The molecule has 0 spiro atoms. The van der Waals surface area contributed by atoms with Crippen molar-refractivity contribution in [3.05, 3.63) is 29.8 Å². The summed E-state index contributed by atoms with van der Waals surface area (Å²) in [7, 11) is 0. The minimum atomic E-state index is 0.434. The number of ether oxygens (including phenoxy) is 2. The number of benzene rings is 1. The summed E-state index contributed by atoms with van der Waals surface area (Å²) in [6.07, 6.45) is 4.58. The van der Waals surface area contributed by atoms with Crippen LogP contribution in [0.15, 0.2) is 24.3 Å². The van der Waals surface area contributed by atoms with E-state index in [1.165, 1.54) is 12.0 Å². The number of rotatable bonds is 8. The molecule has 1 unspecified atom stereocenters. The zero-order valence-corrected chi connectivity index (χ0v) is 13.4. The molecule has 0 amide bonds. The Labute approximate surface area is 129 Å². The molecule has 1 heterocycles. The molecule has 3 nitrogen and oxygen atoms in total. The predicted octanol–water partition coefficient (Wildman–Crippen LogP) is 3.94. The maximum atomic E-state index is 5.75. The average molecular weight is 291 g/mol. The van der Waals surface area contributed by atoms with Crippen LogP contribution >= 0.6 is 0 Å². The van der Waals surface area contributed by atoms with Crippen molar-refractivity contribution in [3.8, 4) is 5.75 Å². The van der Waals surface area contributed by atoms with Gasteiger partial charge in [0.25, 0.3) is 0 Å². The summed E-state index contributed by atoms with van der Waals surface area (Å²) in [5.41, 5.74) is 1.37. The van der Waals surface area contributed by atoms with E-state index in [4.69, 9.17) is 9.47 Å². The molecule has 1 aromatic carbocycles. The van der Waals surface area contributed by atoms with Crippen molar-refractivity contribution in [2.45, 2.75) is 45.6 Å². The smallest absolute Gasteiger partial charge is 0.119 e. The first kappa shape index (κ1) is 16.3. The van der Waals surface area contributed by atoms with Crippen molar-refractivity contribution < 1.29 is 9.47 Å². The standard InChI is InChI=1S/C18H29NO2/c1-3-5-12-21-17-8-6-15(7-9-17)18(19-4-2)16-10-13-20-14-11-16/h6-9,16,18-19H,3-5,10-14H2,1-2H3. The Balaban J connectivity index is 1.98. The van der Waals surface area contributed by atoms with Gasteiger partial charge in [-0.25, -0.2) is 0 Å². The second kappa shape index (κ2) is 9.06. The van der Waals surface area contributed by atoms with Crippen LogP contribution in [0.5, 0.6) is 5.75 Å². The van der Waals surface area contributed by atoms with Gasteiger partial charge < -0.3 is 14.8 Å². The molecule has 0 bridgehead atoms. The molecule has 0 saturated carbocycles. The molecule has 1 N–H and O–H groups in total. The molecule has 118 valence electrons.